The number of allylic oxidation sites excluding steroid dienone is 2. The number of benzene rings is 1. The molecule has 1 saturated heterocycles. The topological polar surface area (TPSA) is 111 Å². The zero-order chi connectivity index (χ0) is 22.3. The largest absolute Gasteiger partial charge is 0.497 e. The number of imide groups is 1. The first-order valence-electron chi connectivity index (χ1n) is 10.1. The Morgan fingerprint density at radius 2 is 1.74 bits per heavy atom. The predicted octanol–water partition coefficient (Wildman–Crippen LogP) is 1.38. The van der Waals surface area contributed by atoms with Gasteiger partial charge in [-0.2, -0.15) is 0 Å². The Hall–Kier alpha value is -3.36. The van der Waals surface area contributed by atoms with Crippen molar-refractivity contribution in [3.05, 3.63) is 30.4 Å². The van der Waals surface area contributed by atoms with E-state index in [0.717, 1.165) is 11.3 Å². The van der Waals surface area contributed by atoms with Crippen molar-refractivity contribution in [1.29, 1.82) is 0 Å². The minimum Gasteiger partial charge on any atom is -0.497 e. The number of hydrogen-bond donors (Lipinski definition) is 1. The number of carbonyl (C=O) groups excluding carboxylic acids is 4. The van der Waals surface area contributed by atoms with Crippen LogP contribution in [0, 0.1) is 23.7 Å². The van der Waals surface area contributed by atoms with E-state index in [1.807, 2.05) is 12.2 Å². The second-order valence-electron chi connectivity index (χ2n) is 7.94. The van der Waals surface area contributed by atoms with Crippen LogP contribution in [-0.2, 0) is 23.9 Å². The quantitative estimate of drug-likeness (QED) is 0.397. The lowest BCUT2D eigenvalue weighted by atomic mass is 9.85. The highest BCUT2D eigenvalue weighted by atomic mass is 16.5. The molecule has 31 heavy (non-hydrogen) atoms. The molecule has 2 aliphatic carbocycles. The molecule has 0 aromatic heterocycles. The van der Waals surface area contributed by atoms with Gasteiger partial charge in [0.25, 0.3) is 5.91 Å². The molecular weight excluding hydrogens is 404 g/mol. The first kappa shape index (κ1) is 20.9. The normalized spacial score (nSPS) is 26.6. The Bertz CT molecular complexity index is 943. The van der Waals surface area contributed by atoms with Gasteiger partial charge in [0.2, 0.25) is 11.8 Å². The number of methoxy groups -OCH3 is 2. The number of nitrogens with one attached hydrogen (secondary N) is 1. The van der Waals surface area contributed by atoms with Gasteiger partial charge in [-0.1, -0.05) is 12.2 Å². The van der Waals surface area contributed by atoms with Crippen LogP contribution in [0.4, 0.5) is 5.69 Å². The smallest absolute Gasteiger partial charge is 0.329 e. The second-order valence-corrected chi connectivity index (χ2v) is 7.94. The number of esters is 1. The van der Waals surface area contributed by atoms with Gasteiger partial charge in [-0.15, -0.1) is 0 Å². The van der Waals surface area contributed by atoms with Gasteiger partial charge >= 0.3 is 5.97 Å². The number of likely N-dealkylation sites (tertiary alicyclic amines) is 1. The third-order valence-electron chi connectivity index (χ3n) is 6.26. The third-order valence-corrected chi connectivity index (χ3v) is 6.26. The van der Waals surface area contributed by atoms with Crippen LogP contribution in [0.3, 0.4) is 0 Å². The predicted molar refractivity (Wildman–Crippen MR) is 108 cm³/mol. The molecule has 9 heteroatoms. The van der Waals surface area contributed by atoms with E-state index in [9.17, 15) is 19.2 Å². The summed E-state index contributed by atoms with van der Waals surface area (Å²) in [5, 5.41) is 2.59. The van der Waals surface area contributed by atoms with Crippen molar-refractivity contribution in [3.63, 3.8) is 0 Å². The molecule has 4 rings (SSSR count). The SMILES string of the molecule is COc1ccc(OC)c(NC(=O)COC(=O)[C@H](C)N2C(=O)[C@H]3[C@H](C2=O)[C@H]2C=C[C@H]3C2)c1. The van der Waals surface area contributed by atoms with E-state index in [2.05, 4.69) is 5.32 Å². The van der Waals surface area contributed by atoms with E-state index >= 15 is 0 Å². The minimum absolute atomic E-state index is 0.0586. The van der Waals surface area contributed by atoms with E-state index in [-0.39, 0.29) is 35.5 Å². The first-order chi connectivity index (χ1) is 14.8. The van der Waals surface area contributed by atoms with Crippen LogP contribution in [0.5, 0.6) is 11.5 Å². The van der Waals surface area contributed by atoms with Gasteiger partial charge < -0.3 is 19.5 Å². The maximum atomic E-state index is 12.8. The molecule has 2 bridgehead atoms. The second kappa shape index (κ2) is 8.05. The molecule has 1 aromatic carbocycles. The summed E-state index contributed by atoms with van der Waals surface area (Å²) in [6.07, 6.45) is 4.79. The van der Waals surface area contributed by atoms with E-state index in [1.165, 1.54) is 21.1 Å². The first-order valence-corrected chi connectivity index (χ1v) is 10.1. The van der Waals surface area contributed by atoms with E-state index < -0.39 is 24.5 Å². The Morgan fingerprint density at radius 1 is 1.10 bits per heavy atom. The molecule has 1 heterocycles. The van der Waals surface area contributed by atoms with Crippen LogP contribution < -0.4 is 14.8 Å². The number of anilines is 1. The van der Waals surface area contributed by atoms with Crippen molar-refractivity contribution in [2.45, 2.75) is 19.4 Å². The van der Waals surface area contributed by atoms with Crippen molar-refractivity contribution in [2.24, 2.45) is 23.7 Å². The Morgan fingerprint density at radius 3 is 2.32 bits per heavy atom. The van der Waals surface area contributed by atoms with Crippen LogP contribution in [-0.4, -0.2) is 55.5 Å². The number of carbonyl (C=O) groups is 4. The summed E-state index contributed by atoms with van der Waals surface area (Å²) in [4.78, 5) is 51.4. The highest BCUT2D eigenvalue weighted by Gasteiger charge is 2.60. The molecule has 0 radical (unpaired) electrons. The number of fused-ring (bicyclic) bond motifs is 5. The molecule has 0 unspecified atom stereocenters. The van der Waals surface area contributed by atoms with E-state index in [0.29, 0.717) is 17.2 Å². The lowest BCUT2D eigenvalue weighted by Crippen LogP contribution is -2.45. The fraction of sp³-hybridized carbons (Fsp3) is 0.455. The van der Waals surface area contributed by atoms with Crippen molar-refractivity contribution >= 4 is 29.4 Å². The molecule has 1 aromatic rings. The summed E-state index contributed by atoms with van der Waals surface area (Å²) in [7, 11) is 2.95. The lowest BCUT2D eigenvalue weighted by molar-refractivity contribution is -0.159. The molecule has 1 saturated carbocycles. The lowest BCUT2D eigenvalue weighted by Gasteiger charge is -2.23. The molecule has 3 amide bonds. The molecule has 164 valence electrons. The number of nitrogens with zero attached hydrogens (tertiary/aromatic N) is 1. The minimum atomic E-state index is -1.09. The van der Waals surface area contributed by atoms with Crippen molar-refractivity contribution in [2.75, 3.05) is 26.1 Å². The van der Waals surface area contributed by atoms with Crippen LogP contribution in [0.15, 0.2) is 30.4 Å². The molecule has 2 fully saturated rings. The summed E-state index contributed by atoms with van der Waals surface area (Å²) in [6, 6.07) is 3.79. The van der Waals surface area contributed by atoms with Crippen LogP contribution in [0.25, 0.3) is 0 Å². The molecule has 9 nitrogen and oxygen atoms in total. The molecular formula is C22H24N2O7. The zero-order valence-electron chi connectivity index (χ0n) is 17.5. The Balaban J connectivity index is 1.35. The summed E-state index contributed by atoms with van der Waals surface area (Å²) >= 11 is 0. The summed E-state index contributed by atoms with van der Waals surface area (Å²) in [5.41, 5.74) is 0.358. The number of rotatable bonds is 7. The van der Waals surface area contributed by atoms with Crippen LogP contribution in [0.2, 0.25) is 0 Å². The van der Waals surface area contributed by atoms with E-state index in [4.69, 9.17) is 14.2 Å². The highest BCUT2D eigenvalue weighted by Crippen LogP contribution is 2.52. The van der Waals surface area contributed by atoms with Gasteiger partial charge in [0.1, 0.15) is 17.5 Å². The maximum Gasteiger partial charge on any atom is 0.329 e. The van der Waals surface area contributed by atoms with Crippen LogP contribution in [0.1, 0.15) is 13.3 Å². The van der Waals surface area contributed by atoms with Gasteiger partial charge in [-0.3, -0.25) is 19.3 Å². The number of hydrogen-bond acceptors (Lipinski definition) is 7. The van der Waals surface area contributed by atoms with Gasteiger partial charge in [0, 0.05) is 6.07 Å². The number of amides is 3. The van der Waals surface area contributed by atoms with Crippen molar-refractivity contribution < 1.29 is 33.4 Å². The highest BCUT2D eigenvalue weighted by molar-refractivity contribution is 6.09. The summed E-state index contributed by atoms with van der Waals surface area (Å²) in [6.45, 7) is 0.872. The van der Waals surface area contributed by atoms with E-state index in [1.54, 1.807) is 18.2 Å². The van der Waals surface area contributed by atoms with Gasteiger partial charge in [0.15, 0.2) is 6.61 Å². The average Bonchev–Trinajstić information content (AvgIpc) is 3.45. The number of ether oxygens (including phenoxy) is 3. The summed E-state index contributed by atoms with van der Waals surface area (Å²) < 4.78 is 15.4. The molecule has 0 spiro atoms. The molecule has 3 aliphatic rings. The molecule has 1 N–H and O–H groups in total. The van der Waals surface area contributed by atoms with Crippen LogP contribution >= 0.6 is 0 Å². The Labute approximate surface area is 179 Å². The van der Waals surface area contributed by atoms with Crippen molar-refractivity contribution in [1.82, 2.24) is 4.90 Å². The molecule has 5 atom stereocenters. The monoisotopic (exact) mass is 428 g/mol. The Kier molecular flexibility index (Phi) is 5.43. The van der Waals surface area contributed by atoms with Gasteiger partial charge in [0.05, 0.1) is 31.7 Å². The zero-order valence-corrected chi connectivity index (χ0v) is 17.5. The fourth-order valence-electron chi connectivity index (χ4n) is 4.77. The fourth-order valence-corrected chi connectivity index (χ4v) is 4.77. The summed E-state index contributed by atoms with van der Waals surface area (Å²) in [5.74, 6) is -1.79. The standard InChI is InChI=1S/C22H24N2O7/c1-11(24-20(26)18-12-4-5-13(8-12)19(18)21(24)27)22(28)31-10-17(25)23-15-9-14(29-2)6-7-16(15)30-3/h4-7,9,11-13,18-19H,8,10H2,1-3H3,(H,23,25)/t11-,12-,13-,18+,19+/m0/s1. The average molecular weight is 428 g/mol. The maximum absolute atomic E-state index is 12.8. The molecule has 1 aliphatic heterocycles. The van der Waals surface area contributed by atoms with Crippen molar-refractivity contribution in [3.8, 4) is 11.5 Å². The van der Waals surface area contributed by atoms with Gasteiger partial charge in [-0.25, -0.2) is 4.79 Å². The van der Waals surface area contributed by atoms with Gasteiger partial charge in [-0.05, 0) is 37.3 Å². The third kappa shape index (κ3) is 3.54.